The highest BCUT2D eigenvalue weighted by molar-refractivity contribution is 5.87. The molecular weight excluding hydrogens is 340 g/mol. The van der Waals surface area contributed by atoms with E-state index < -0.39 is 0 Å². The maximum Gasteiger partial charge on any atom is 0.332 e. The Morgan fingerprint density at radius 3 is 2.44 bits per heavy atom. The van der Waals surface area contributed by atoms with Crippen molar-refractivity contribution in [1.82, 2.24) is 14.5 Å². The molecule has 0 radical (unpaired) electrons. The molecule has 2 heterocycles. The average molecular weight is 368 g/mol. The molecule has 0 aliphatic carbocycles. The molecule has 6 heteroatoms. The second-order valence-corrected chi connectivity index (χ2v) is 6.89. The summed E-state index contributed by atoms with van der Waals surface area (Å²) < 4.78 is 6.82. The topological polar surface area (TPSA) is 71.9 Å². The van der Waals surface area contributed by atoms with Gasteiger partial charge in [-0.25, -0.2) is 14.3 Å². The largest absolute Gasteiger partial charge is 0.497 e. The molecule has 144 valence electrons. The van der Waals surface area contributed by atoms with Gasteiger partial charge in [0.05, 0.1) is 18.5 Å². The highest BCUT2D eigenvalue weighted by atomic mass is 16.5. The summed E-state index contributed by atoms with van der Waals surface area (Å²) in [4.78, 5) is 20.3. The summed E-state index contributed by atoms with van der Waals surface area (Å²) in [6.07, 6.45) is 4.43. The first-order chi connectivity index (χ1) is 13.1. The van der Waals surface area contributed by atoms with Gasteiger partial charge >= 0.3 is 5.69 Å². The molecular formula is C21H28N4O2. The van der Waals surface area contributed by atoms with Crippen molar-refractivity contribution in [3.8, 4) is 11.4 Å². The van der Waals surface area contributed by atoms with Crippen LogP contribution in [0.15, 0.2) is 35.1 Å². The van der Waals surface area contributed by atoms with Gasteiger partial charge in [0.1, 0.15) is 11.3 Å². The van der Waals surface area contributed by atoms with Crippen molar-refractivity contribution in [2.45, 2.75) is 52.5 Å². The second kappa shape index (κ2) is 8.29. The molecule has 0 saturated carbocycles. The minimum atomic E-state index is -0.196. The fourth-order valence-corrected chi connectivity index (χ4v) is 3.49. The molecule has 0 saturated heterocycles. The van der Waals surface area contributed by atoms with E-state index in [9.17, 15) is 4.79 Å². The number of fused-ring (bicyclic) bond motifs is 1. The fraction of sp³-hybridized carbons (Fsp3) is 0.429. The molecule has 0 unspecified atom stereocenters. The number of hydrogen-bond donors (Lipinski definition) is 2. The first-order valence-electron chi connectivity index (χ1n) is 9.60. The molecule has 2 N–H and O–H groups in total. The Kier molecular flexibility index (Phi) is 5.84. The number of pyridine rings is 1. The lowest BCUT2D eigenvalue weighted by molar-refractivity contribution is 0.414. The number of benzene rings is 1. The van der Waals surface area contributed by atoms with Crippen LogP contribution in [0.3, 0.4) is 0 Å². The molecule has 0 aliphatic heterocycles. The molecule has 3 aromatic rings. The first-order valence-corrected chi connectivity index (χ1v) is 9.60. The number of methoxy groups -OCH3 is 1. The lowest BCUT2D eigenvalue weighted by Crippen LogP contribution is -2.19. The zero-order valence-corrected chi connectivity index (χ0v) is 16.5. The van der Waals surface area contributed by atoms with Gasteiger partial charge < -0.3 is 15.0 Å². The van der Waals surface area contributed by atoms with Gasteiger partial charge in [-0.2, -0.15) is 0 Å². The molecule has 2 aromatic heterocycles. The van der Waals surface area contributed by atoms with Crippen molar-refractivity contribution in [3.05, 3.63) is 46.5 Å². The Morgan fingerprint density at radius 1 is 1.19 bits per heavy atom. The van der Waals surface area contributed by atoms with Crippen LogP contribution in [0.2, 0.25) is 0 Å². The highest BCUT2D eigenvalue weighted by Crippen LogP contribution is 2.25. The smallest absolute Gasteiger partial charge is 0.332 e. The van der Waals surface area contributed by atoms with E-state index in [0.717, 1.165) is 54.0 Å². The molecule has 0 atom stereocenters. The van der Waals surface area contributed by atoms with Gasteiger partial charge in [0.15, 0.2) is 5.65 Å². The minimum absolute atomic E-state index is 0.196. The molecule has 6 nitrogen and oxygen atoms in total. The molecule has 0 aliphatic rings. The van der Waals surface area contributed by atoms with Crippen LogP contribution in [0.4, 0.5) is 5.69 Å². The van der Waals surface area contributed by atoms with Crippen molar-refractivity contribution >= 4 is 16.9 Å². The summed E-state index contributed by atoms with van der Waals surface area (Å²) in [6.45, 7) is 6.34. The number of aryl methyl sites for hydroxylation is 1. The van der Waals surface area contributed by atoms with Crippen molar-refractivity contribution < 1.29 is 4.74 Å². The Morgan fingerprint density at radius 2 is 1.85 bits per heavy atom. The van der Waals surface area contributed by atoms with Crippen LogP contribution >= 0.6 is 0 Å². The summed E-state index contributed by atoms with van der Waals surface area (Å²) in [5.41, 5.74) is 3.76. The van der Waals surface area contributed by atoms with E-state index in [1.165, 1.54) is 0 Å². The van der Waals surface area contributed by atoms with Crippen LogP contribution < -0.4 is 15.7 Å². The molecule has 27 heavy (non-hydrogen) atoms. The molecule has 1 aromatic carbocycles. The quantitative estimate of drug-likeness (QED) is 0.618. The summed E-state index contributed by atoms with van der Waals surface area (Å²) in [5, 5.41) is 3.63. The summed E-state index contributed by atoms with van der Waals surface area (Å²) >= 11 is 0. The molecule has 3 rings (SSSR count). The van der Waals surface area contributed by atoms with Gasteiger partial charge in [-0.05, 0) is 50.1 Å². The maximum absolute atomic E-state index is 12.7. The Hall–Kier alpha value is -2.76. The number of hydrogen-bond acceptors (Lipinski definition) is 4. The molecule has 0 amide bonds. The van der Waals surface area contributed by atoms with E-state index in [0.29, 0.717) is 11.7 Å². The number of rotatable bonds is 8. The normalized spacial score (nSPS) is 11.3. The number of aromatic amines is 1. The van der Waals surface area contributed by atoms with Crippen molar-refractivity contribution in [2.75, 3.05) is 12.4 Å². The lowest BCUT2D eigenvalue weighted by atomic mass is 10.1. The Bertz CT molecular complexity index is 951. The van der Waals surface area contributed by atoms with E-state index in [1.54, 1.807) is 11.7 Å². The second-order valence-electron chi connectivity index (χ2n) is 6.89. The van der Waals surface area contributed by atoms with Crippen LogP contribution in [0, 0.1) is 6.92 Å². The van der Waals surface area contributed by atoms with Gasteiger partial charge in [-0.15, -0.1) is 0 Å². The molecule has 0 fully saturated rings. The summed E-state index contributed by atoms with van der Waals surface area (Å²) in [6, 6.07) is 9.80. The highest BCUT2D eigenvalue weighted by Gasteiger charge is 2.16. The monoisotopic (exact) mass is 368 g/mol. The van der Waals surface area contributed by atoms with Gasteiger partial charge in [0, 0.05) is 11.7 Å². The van der Waals surface area contributed by atoms with E-state index in [2.05, 4.69) is 29.1 Å². The van der Waals surface area contributed by atoms with Crippen LogP contribution in [-0.4, -0.2) is 27.7 Å². The van der Waals surface area contributed by atoms with Crippen LogP contribution in [-0.2, 0) is 0 Å². The van der Waals surface area contributed by atoms with E-state index in [1.807, 2.05) is 37.3 Å². The SMILES string of the molecule is CCCC(CCC)Nc1cc(C)nc2c1[nH]c(=O)n2-c1ccc(OC)cc1. The Balaban J connectivity index is 2.08. The van der Waals surface area contributed by atoms with Crippen molar-refractivity contribution in [3.63, 3.8) is 0 Å². The number of imidazole rings is 1. The zero-order chi connectivity index (χ0) is 19.4. The van der Waals surface area contributed by atoms with Crippen LogP contribution in [0.5, 0.6) is 5.75 Å². The summed E-state index contributed by atoms with van der Waals surface area (Å²) in [7, 11) is 1.62. The minimum Gasteiger partial charge on any atom is -0.497 e. The van der Waals surface area contributed by atoms with Gasteiger partial charge in [0.25, 0.3) is 0 Å². The van der Waals surface area contributed by atoms with Gasteiger partial charge in [-0.1, -0.05) is 26.7 Å². The number of H-pyrrole nitrogens is 1. The van der Waals surface area contributed by atoms with Gasteiger partial charge in [0.2, 0.25) is 0 Å². The van der Waals surface area contributed by atoms with E-state index in [-0.39, 0.29) is 5.69 Å². The summed E-state index contributed by atoms with van der Waals surface area (Å²) in [5.74, 6) is 0.750. The average Bonchev–Trinajstić information content (AvgIpc) is 2.98. The number of nitrogens with zero attached hydrogens (tertiary/aromatic N) is 2. The zero-order valence-electron chi connectivity index (χ0n) is 16.5. The van der Waals surface area contributed by atoms with Crippen LogP contribution in [0.25, 0.3) is 16.9 Å². The molecule has 0 bridgehead atoms. The van der Waals surface area contributed by atoms with E-state index >= 15 is 0 Å². The number of ether oxygens (including phenoxy) is 1. The van der Waals surface area contributed by atoms with E-state index in [4.69, 9.17) is 4.74 Å². The van der Waals surface area contributed by atoms with Crippen molar-refractivity contribution in [2.24, 2.45) is 0 Å². The maximum atomic E-state index is 12.7. The number of aromatic nitrogens is 3. The van der Waals surface area contributed by atoms with Gasteiger partial charge in [-0.3, -0.25) is 0 Å². The predicted molar refractivity (Wildman–Crippen MR) is 110 cm³/mol. The molecule has 0 spiro atoms. The number of anilines is 1. The standard InChI is InChI=1S/C21H28N4O2/c1-5-7-15(8-6-2)23-18-13-14(3)22-20-19(18)24-21(26)25(20)16-9-11-17(27-4)12-10-16/h9-13,15H,5-8H2,1-4H3,(H,22,23)(H,24,26). The third kappa shape index (κ3) is 3.99. The van der Waals surface area contributed by atoms with Crippen molar-refractivity contribution in [1.29, 1.82) is 0 Å². The predicted octanol–water partition coefficient (Wildman–Crippen LogP) is 4.41. The first kappa shape index (κ1) is 19.0. The Labute approximate surface area is 159 Å². The van der Waals surface area contributed by atoms with Crippen LogP contribution in [0.1, 0.15) is 45.2 Å². The third-order valence-electron chi connectivity index (χ3n) is 4.74. The fourth-order valence-electron chi connectivity index (χ4n) is 3.49. The number of nitrogens with one attached hydrogen (secondary N) is 2. The lowest BCUT2D eigenvalue weighted by Gasteiger charge is -2.19. The third-order valence-corrected chi connectivity index (χ3v) is 4.74.